The highest BCUT2D eigenvalue weighted by molar-refractivity contribution is 5.58. The Morgan fingerprint density at radius 3 is 3.19 bits per heavy atom. The molecule has 0 aromatic carbocycles. The fourth-order valence-electron chi connectivity index (χ4n) is 2.15. The highest BCUT2D eigenvalue weighted by Gasteiger charge is 2.34. The van der Waals surface area contributed by atoms with E-state index in [0.717, 1.165) is 5.56 Å². The first-order valence-corrected chi connectivity index (χ1v) is 5.45. The number of nitrogens with zero attached hydrogens (tertiary/aromatic N) is 1. The average molecular weight is 217 g/mol. The Kier molecular flexibility index (Phi) is 2.06. The zero-order chi connectivity index (χ0) is 11.0. The topological polar surface area (TPSA) is 22.1 Å². The number of halogens is 1. The second kappa shape index (κ2) is 3.44. The lowest BCUT2D eigenvalue weighted by Gasteiger charge is -2.35. The summed E-state index contributed by atoms with van der Waals surface area (Å²) in [6.45, 7) is 0. The van der Waals surface area contributed by atoms with Crippen molar-refractivity contribution in [2.24, 2.45) is 0 Å². The number of aromatic nitrogens is 1. The number of hydrogen-bond acceptors (Lipinski definition) is 2. The summed E-state index contributed by atoms with van der Waals surface area (Å²) in [6.07, 6.45) is 9.09. The molecule has 0 fully saturated rings. The summed E-state index contributed by atoms with van der Waals surface area (Å²) < 4.78 is 18.9. The molecule has 0 amide bonds. The minimum Gasteiger partial charge on any atom is -0.466 e. The molecular formula is C13H12FNO. The van der Waals surface area contributed by atoms with E-state index in [9.17, 15) is 4.39 Å². The molecule has 1 aliphatic carbocycles. The molecule has 1 spiro atoms. The number of pyridine rings is 1. The highest BCUT2D eigenvalue weighted by Crippen LogP contribution is 2.38. The fourth-order valence-corrected chi connectivity index (χ4v) is 2.15. The lowest BCUT2D eigenvalue weighted by Crippen LogP contribution is -2.37. The first-order valence-electron chi connectivity index (χ1n) is 5.45. The summed E-state index contributed by atoms with van der Waals surface area (Å²) in [5, 5.41) is 0. The van der Waals surface area contributed by atoms with Crippen molar-refractivity contribution in [3.63, 3.8) is 0 Å². The van der Waals surface area contributed by atoms with Gasteiger partial charge in [0.1, 0.15) is 5.60 Å². The van der Waals surface area contributed by atoms with Crippen LogP contribution >= 0.6 is 0 Å². The molecule has 0 radical (unpaired) electrons. The smallest absolute Gasteiger partial charge is 0.221 e. The van der Waals surface area contributed by atoms with E-state index in [1.165, 1.54) is 0 Å². The lowest BCUT2D eigenvalue weighted by atomic mass is 9.86. The molecule has 1 aliphatic heterocycles. The van der Waals surface area contributed by atoms with Crippen LogP contribution in [0.2, 0.25) is 0 Å². The van der Waals surface area contributed by atoms with Crippen molar-refractivity contribution in [3.8, 4) is 5.88 Å². The zero-order valence-electron chi connectivity index (χ0n) is 8.82. The van der Waals surface area contributed by atoms with Crippen LogP contribution in [0.15, 0.2) is 36.3 Å². The van der Waals surface area contributed by atoms with Crippen molar-refractivity contribution in [1.29, 1.82) is 0 Å². The highest BCUT2D eigenvalue weighted by atomic mass is 19.1. The summed E-state index contributed by atoms with van der Waals surface area (Å²) in [7, 11) is 0. The van der Waals surface area contributed by atoms with Crippen LogP contribution in [0.4, 0.5) is 4.39 Å². The van der Waals surface area contributed by atoms with Gasteiger partial charge >= 0.3 is 0 Å². The van der Waals surface area contributed by atoms with Crippen LogP contribution in [-0.4, -0.2) is 10.6 Å². The third kappa shape index (κ3) is 1.52. The number of fused-ring (bicyclic) bond motifs is 1. The van der Waals surface area contributed by atoms with Gasteiger partial charge < -0.3 is 4.74 Å². The Morgan fingerprint density at radius 1 is 1.44 bits per heavy atom. The van der Waals surface area contributed by atoms with Gasteiger partial charge in [-0.05, 0) is 36.8 Å². The Labute approximate surface area is 93.5 Å². The summed E-state index contributed by atoms with van der Waals surface area (Å²) >= 11 is 0. The molecule has 82 valence electrons. The standard InChI is InChI=1S/C13H12FNO/c14-11-4-7-13(8-5-11)6-3-10-2-1-9-15-12(10)16-13/h1-4,6,9H,5,7-8H2. The average Bonchev–Trinajstić information content (AvgIpc) is 2.33. The molecule has 1 aromatic heterocycles. The van der Waals surface area contributed by atoms with Crippen molar-refractivity contribution in [2.45, 2.75) is 24.9 Å². The van der Waals surface area contributed by atoms with Gasteiger partial charge in [0.2, 0.25) is 5.88 Å². The molecule has 1 atom stereocenters. The Morgan fingerprint density at radius 2 is 2.38 bits per heavy atom. The number of rotatable bonds is 0. The summed E-state index contributed by atoms with van der Waals surface area (Å²) in [5.74, 6) is 0.621. The zero-order valence-corrected chi connectivity index (χ0v) is 8.82. The quantitative estimate of drug-likeness (QED) is 0.665. The van der Waals surface area contributed by atoms with Gasteiger partial charge in [0.15, 0.2) is 0 Å². The molecule has 0 saturated carbocycles. The van der Waals surface area contributed by atoms with Crippen molar-refractivity contribution >= 4 is 6.08 Å². The molecule has 0 N–H and O–H groups in total. The van der Waals surface area contributed by atoms with Gasteiger partial charge in [-0.3, -0.25) is 0 Å². The molecular weight excluding hydrogens is 205 g/mol. The van der Waals surface area contributed by atoms with Crippen LogP contribution in [0.3, 0.4) is 0 Å². The second-order valence-corrected chi connectivity index (χ2v) is 4.25. The third-order valence-corrected chi connectivity index (χ3v) is 3.12. The van der Waals surface area contributed by atoms with Crippen LogP contribution in [0, 0.1) is 0 Å². The van der Waals surface area contributed by atoms with Crippen LogP contribution in [0.1, 0.15) is 24.8 Å². The van der Waals surface area contributed by atoms with Crippen molar-refractivity contribution in [3.05, 3.63) is 41.9 Å². The molecule has 2 nitrogen and oxygen atoms in total. The largest absolute Gasteiger partial charge is 0.466 e. The molecule has 1 unspecified atom stereocenters. The van der Waals surface area contributed by atoms with E-state index < -0.39 is 0 Å². The van der Waals surface area contributed by atoms with Crippen molar-refractivity contribution in [2.75, 3.05) is 0 Å². The van der Waals surface area contributed by atoms with Crippen LogP contribution in [0.5, 0.6) is 5.88 Å². The Hall–Kier alpha value is -1.64. The Bertz CT molecular complexity index is 481. The molecule has 0 saturated heterocycles. The maximum absolute atomic E-state index is 13.0. The van der Waals surface area contributed by atoms with Gasteiger partial charge in [-0.15, -0.1) is 0 Å². The molecule has 3 heteroatoms. The molecule has 1 aromatic rings. The molecule has 2 aliphatic rings. The van der Waals surface area contributed by atoms with E-state index >= 15 is 0 Å². The van der Waals surface area contributed by atoms with Gasteiger partial charge in [-0.25, -0.2) is 9.37 Å². The van der Waals surface area contributed by atoms with Gasteiger partial charge in [-0.2, -0.15) is 0 Å². The SMILES string of the molecule is FC1=CCC2(C=Cc3cccnc3O2)CC1. The van der Waals surface area contributed by atoms with E-state index in [1.54, 1.807) is 12.3 Å². The van der Waals surface area contributed by atoms with Crippen LogP contribution in [-0.2, 0) is 0 Å². The summed E-state index contributed by atoms with van der Waals surface area (Å²) in [4.78, 5) is 4.20. The van der Waals surface area contributed by atoms with Gasteiger partial charge in [0.25, 0.3) is 0 Å². The van der Waals surface area contributed by atoms with E-state index in [0.29, 0.717) is 25.1 Å². The fraction of sp³-hybridized carbons (Fsp3) is 0.308. The molecule has 16 heavy (non-hydrogen) atoms. The van der Waals surface area contributed by atoms with Gasteiger partial charge in [0, 0.05) is 24.6 Å². The van der Waals surface area contributed by atoms with E-state index in [-0.39, 0.29) is 11.4 Å². The van der Waals surface area contributed by atoms with Crippen LogP contribution < -0.4 is 4.74 Å². The normalized spacial score (nSPS) is 27.2. The van der Waals surface area contributed by atoms with Crippen molar-refractivity contribution < 1.29 is 9.13 Å². The van der Waals surface area contributed by atoms with E-state index in [1.807, 2.05) is 24.3 Å². The number of hydrogen-bond donors (Lipinski definition) is 0. The van der Waals surface area contributed by atoms with Gasteiger partial charge in [-0.1, -0.05) is 0 Å². The van der Waals surface area contributed by atoms with Crippen LogP contribution in [0.25, 0.3) is 6.08 Å². The third-order valence-electron chi connectivity index (χ3n) is 3.12. The Balaban J connectivity index is 1.94. The number of ether oxygens (including phenoxy) is 1. The van der Waals surface area contributed by atoms with Crippen molar-refractivity contribution in [1.82, 2.24) is 4.98 Å². The predicted octanol–water partition coefficient (Wildman–Crippen LogP) is 3.26. The first kappa shape index (κ1) is 9.58. The maximum Gasteiger partial charge on any atom is 0.221 e. The minimum atomic E-state index is -0.378. The number of allylic oxidation sites excluding steroid dienone is 1. The van der Waals surface area contributed by atoms with E-state index in [4.69, 9.17) is 4.74 Å². The lowest BCUT2D eigenvalue weighted by molar-refractivity contribution is 0.0955. The summed E-state index contributed by atoms with van der Waals surface area (Å²) in [5.41, 5.74) is 0.611. The molecule has 2 heterocycles. The summed E-state index contributed by atoms with van der Waals surface area (Å²) in [6, 6.07) is 3.84. The van der Waals surface area contributed by atoms with Gasteiger partial charge in [0.05, 0.1) is 5.83 Å². The predicted molar refractivity (Wildman–Crippen MR) is 59.7 cm³/mol. The monoisotopic (exact) mass is 217 g/mol. The minimum absolute atomic E-state index is 0.0329. The molecule has 0 bridgehead atoms. The maximum atomic E-state index is 13.0. The first-order chi connectivity index (χ1) is 7.77. The second-order valence-electron chi connectivity index (χ2n) is 4.25. The van der Waals surface area contributed by atoms with E-state index in [2.05, 4.69) is 4.98 Å². The molecule has 3 rings (SSSR count).